The SMILES string of the molecule is COC(=O)c1sccc1Nc1nc(C(=O)Nc2ccccc2N2CCC(C(N)=O)CC2)cs1. The van der Waals surface area contributed by atoms with Crippen LogP contribution in [0.1, 0.15) is 33.0 Å². The van der Waals surface area contributed by atoms with Gasteiger partial charge in [0.05, 0.1) is 24.2 Å². The van der Waals surface area contributed by atoms with Gasteiger partial charge in [0.1, 0.15) is 10.6 Å². The maximum Gasteiger partial charge on any atom is 0.350 e. The van der Waals surface area contributed by atoms with E-state index in [1.54, 1.807) is 16.8 Å². The Labute approximate surface area is 198 Å². The lowest BCUT2D eigenvalue weighted by Gasteiger charge is -2.33. The molecule has 1 saturated heterocycles. The molecule has 1 fully saturated rings. The Morgan fingerprint density at radius 2 is 1.88 bits per heavy atom. The first-order chi connectivity index (χ1) is 16.0. The summed E-state index contributed by atoms with van der Waals surface area (Å²) in [6.07, 6.45) is 1.38. The molecule has 1 aliphatic rings. The number of ether oxygens (including phenoxy) is 1. The van der Waals surface area contributed by atoms with Crippen LogP contribution in [0.2, 0.25) is 0 Å². The normalized spacial score (nSPS) is 14.0. The van der Waals surface area contributed by atoms with E-state index in [1.807, 2.05) is 24.3 Å². The zero-order valence-corrected chi connectivity index (χ0v) is 19.5. The fraction of sp³-hybridized carbons (Fsp3) is 0.273. The van der Waals surface area contributed by atoms with E-state index in [0.717, 1.165) is 5.69 Å². The maximum absolute atomic E-state index is 12.9. The standard InChI is InChI=1S/C22H23N5O4S2/c1-31-21(30)18-15(8-11-32-18)25-22-26-16(12-33-22)20(29)24-14-4-2-3-5-17(14)27-9-6-13(7-10-27)19(23)28/h2-5,8,11-13H,6-7,9-10H2,1H3,(H2,23,28)(H,24,29)(H,25,26). The Kier molecular flexibility index (Phi) is 6.90. The van der Waals surface area contributed by atoms with Crippen LogP contribution < -0.4 is 21.3 Å². The summed E-state index contributed by atoms with van der Waals surface area (Å²) in [5.74, 6) is -1.13. The zero-order chi connectivity index (χ0) is 23.4. The second kappa shape index (κ2) is 10.0. The largest absolute Gasteiger partial charge is 0.465 e. The summed E-state index contributed by atoms with van der Waals surface area (Å²) in [4.78, 5) is 43.1. The lowest BCUT2D eigenvalue weighted by molar-refractivity contribution is -0.122. The number of piperidine rings is 1. The summed E-state index contributed by atoms with van der Waals surface area (Å²) in [5.41, 5.74) is 7.85. The van der Waals surface area contributed by atoms with Gasteiger partial charge in [-0.25, -0.2) is 9.78 Å². The number of carbonyl (C=O) groups is 3. The number of methoxy groups -OCH3 is 1. The molecular weight excluding hydrogens is 462 g/mol. The summed E-state index contributed by atoms with van der Waals surface area (Å²) in [7, 11) is 1.33. The highest BCUT2D eigenvalue weighted by molar-refractivity contribution is 7.14. The second-order valence-electron chi connectivity index (χ2n) is 7.45. The van der Waals surface area contributed by atoms with Gasteiger partial charge < -0.3 is 26.0 Å². The van der Waals surface area contributed by atoms with Crippen LogP contribution in [0.15, 0.2) is 41.1 Å². The highest BCUT2D eigenvalue weighted by Crippen LogP contribution is 2.31. The number of nitrogens with two attached hydrogens (primary N) is 1. The molecule has 4 N–H and O–H groups in total. The number of primary amides is 1. The van der Waals surface area contributed by atoms with Crippen LogP contribution in [0.3, 0.4) is 0 Å². The number of esters is 1. The number of rotatable bonds is 7. The molecular formula is C22H23N5O4S2. The minimum Gasteiger partial charge on any atom is -0.465 e. The summed E-state index contributed by atoms with van der Waals surface area (Å²) in [5, 5.41) is 9.94. The van der Waals surface area contributed by atoms with Gasteiger partial charge in [0.2, 0.25) is 5.91 Å². The number of benzene rings is 1. The van der Waals surface area contributed by atoms with Crippen molar-refractivity contribution >= 4 is 62.7 Å². The first-order valence-corrected chi connectivity index (χ1v) is 12.0. The summed E-state index contributed by atoms with van der Waals surface area (Å²) < 4.78 is 4.78. The van der Waals surface area contributed by atoms with Gasteiger partial charge >= 0.3 is 5.97 Å². The van der Waals surface area contributed by atoms with E-state index in [-0.39, 0.29) is 23.4 Å². The summed E-state index contributed by atoms with van der Waals surface area (Å²) >= 11 is 2.53. The number of anilines is 4. The van der Waals surface area contributed by atoms with Crippen LogP contribution in [0.5, 0.6) is 0 Å². The average Bonchev–Trinajstić information content (AvgIpc) is 3.49. The second-order valence-corrected chi connectivity index (χ2v) is 9.23. The Bertz CT molecular complexity index is 1170. The molecule has 0 aliphatic carbocycles. The monoisotopic (exact) mass is 485 g/mol. The Morgan fingerprint density at radius 3 is 2.61 bits per heavy atom. The van der Waals surface area contributed by atoms with Gasteiger partial charge in [0, 0.05) is 24.4 Å². The van der Waals surface area contributed by atoms with E-state index >= 15 is 0 Å². The van der Waals surface area contributed by atoms with Crippen molar-refractivity contribution in [1.29, 1.82) is 0 Å². The number of para-hydroxylation sites is 2. The van der Waals surface area contributed by atoms with Crippen molar-refractivity contribution in [3.63, 3.8) is 0 Å². The van der Waals surface area contributed by atoms with Gasteiger partial charge in [0.15, 0.2) is 5.13 Å². The van der Waals surface area contributed by atoms with E-state index in [9.17, 15) is 14.4 Å². The van der Waals surface area contributed by atoms with E-state index in [2.05, 4.69) is 20.5 Å². The molecule has 2 amide bonds. The van der Waals surface area contributed by atoms with Gasteiger partial charge in [-0.05, 0) is 36.4 Å². The highest BCUT2D eigenvalue weighted by atomic mass is 32.1. The number of aromatic nitrogens is 1. The third-order valence-electron chi connectivity index (χ3n) is 5.40. The van der Waals surface area contributed by atoms with Crippen LogP contribution >= 0.6 is 22.7 Å². The molecule has 1 aromatic carbocycles. The number of hydrogen-bond acceptors (Lipinski definition) is 9. The van der Waals surface area contributed by atoms with Crippen molar-refractivity contribution in [2.75, 3.05) is 35.7 Å². The first-order valence-electron chi connectivity index (χ1n) is 10.3. The lowest BCUT2D eigenvalue weighted by atomic mass is 9.96. The van der Waals surface area contributed by atoms with E-state index in [4.69, 9.17) is 10.5 Å². The van der Waals surface area contributed by atoms with E-state index < -0.39 is 5.97 Å². The molecule has 11 heteroatoms. The average molecular weight is 486 g/mol. The van der Waals surface area contributed by atoms with Crippen molar-refractivity contribution in [3.8, 4) is 0 Å². The lowest BCUT2D eigenvalue weighted by Crippen LogP contribution is -2.38. The van der Waals surface area contributed by atoms with Gasteiger partial charge in [-0.1, -0.05) is 12.1 Å². The fourth-order valence-electron chi connectivity index (χ4n) is 3.66. The smallest absolute Gasteiger partial charge is 0.350 e. The van der Waals surface area contributed by atoms with Crippen LogP contribution in [0.4, 0.5) is 22.2 Å². The predicted octanol–water partition coefficient (Wildman–Crippen LogP) is 3.69. The van der Waals surface area contributed by atoms with Crippen molar-refractivity contribution < 1.29 is 19.1 Å². The Morgan fingerprint density at radius 1 is 1.12 bits per heavy atom. The molecule has 3 aromatic rings. The minimum absolute atomic E-state index is 0.105. The van der Waals surface area contributed by atoms with Gasteiger partial charge in [-0.2, -0.15) is 0 Å². The van der Waals surface area contributed by atoms with E-state index in [0.29, 0.717) is 47.3 Å². The number of amides is 2. The molecule has 0 unspecified atom stereocenters. The molecule has 0 radical (unpaired) electrons. The molecule has 0 atom stereocenters. The highest BCUT2D eigenvalue weighted by Gasteiger charge is 2.25. The topological polar surface area (TPSA) is 127 Å². The molecule has 0 spiro atoms. The molecule has 0 saturated carbocycles. The first kappa shape index (κ1) is 22.7. The minimum atomic E-state index is -0.432. The molecule has 0 bridgehead atoms. The molecule has 3 heterocycles. The fourth-order valence-corrected chi connectivity index (χ4v) is 5.12. The number of nitrogens with zero attached hydrogens (tertiary/aromatic N) is 2. The molecule has 172 valence electrons. The Hall–Kier alpha value is -3.44. The zero-order valence-electron chi connectivity index (χ0n) is 17.9. The van der Waals surface area contributed by atoms with E-state index in [1.165, 1.54) is 29.8 Å². The van der Waals surface area contributed by atoms with Crippen LogP contribution in [0.25, 0.3) is 0 Å². The van der Waals surface area contributed by atoms with Crippen molar-refractivity contribution in [2.24, 2.45) is 11.7 Å². The molecule has 9 nitrogen and oxygen atoms in total. The summed E-state index contributed by atoms with van der Waals surface area (Å²) in [6.45, 7) is 1.38. The quantitative estimate of drug-likeness (QED) is 0.436. The summed E-state index contributed by atoms with van der Waals surface area (Å²) in [6, 6.07) is 9.31. The van der Waals surface area contributed by atoms with Gasteiger partial charge in [-0.3, -0.25) is 9.59 Å². The molecule has 4 rings (SSSR count). The predicted molar refractivity (Wildman–Crippen MR) is 130 cm³/mol. The Balaban J connectivity index is 1.44. The number of thiophene rings is 1. The molecule has 1 aliphatic heterocycles. The van der Waals surface area contributed by atoms with Crippen LogP contribution in [-0.2, 0) is 9.53 Å². The third kappa shape index (κ3) is 5.15. The van der Waals surface area contributed by atoms with Gasteiger partial charge in [0.25, 0.3) is 5.91 Å². The molecule has 2 aromatic heterocycles. The van der Waals surface area contributed by atoms with Crippen molar-refractivity contribution in [3.05, 3.63) is 51.7 Å². The maximum atomic E-state index is 12.9. The van der Waals surface area contributed by atoms with Gasteiger partial charge in [-0.15, -0.1) is 22.7 Å². The van der Waals surface area contributed by atoms with Crippen molar-refractivity contribution in [1.82, 2.24) is 4.98 Å². The number of thiazole rings is 1. The number of carbonyl (C=O) groups excluding carboxylic acids is 3. The third-order valence-corrected chi connectivity index (χ3v) is 7.06. The van der Waals surface area contributed by atoms with Crippen LogP contribution in [0, 0.1) is 5.92 Å². The van der Waals surface area contributed by atoms with Crippen molar-refractivity contribution in [2.45, 2.75) is 12.8 Å². The van der Waals surface area contributed by atoms with Crippen LogP contribution in [-0.4, -0.2) is 43.0 Å². The molecule has 33 heavy (non-hydrogen) atoms. The number of nitrogens with one attached hydrogen (secondary N) is 2. The number of hydrogen-bond donors (Lipinski definition) is 3.